The second kappa shape index (κ2) is 6.71. The summed E-state index contributed by atoms with van der Waals surface area (Å²) in [6.07, 6.45) is 5.90. The molecule has 17 heavy (non-hydrogen) atoms. The van der Waals surface area contributed by atoms with E-state index in [-0.39, 0.29) is 6.61 Å². The van der Waals surface area contributed by atoms with Crippen molar-refractivity contribution >= 4 is 10.0 Å². The van der Waals surface area contributed by atoms with Crippen LogP contribution in [0.2, 0.25) is 0 Å². The van der Waals surface area contributed by atoms with Crippen LogP contribution in [0.3, 0.4) is 0 Å². The monoisotopic (exact) mass is 263 g/mol. The van der Waals surface area contributed by atoms with Crippen molar-refractivity contribution in [3.8, 4) is 0 Å². The van der Waals surface area contributed by atoms with E-state index in [0.29, 0.717) is 12.5 Å². The molecule has 0 aromatic rings. The van der Waals surface area contributed by atoms with Crippen LogP contribution in [0.15, 0.2) is 0 Å². The minimum atomic E-state index is -3.32. The molecule has 0 aliphatic heterocycles. The molecule has 0 amide bonds. The molecule has 0 spiro atoms. The third-order valence-electron chi connectivity index (χ3n) is 3.78. The van der Waals surface area contributed by atoms with Gasteiger partial charge in [-0.1, -0.05) is 32.6 Å². The van der Waals surface area contributed by atoms with Gasteiger partial charge in [0.15, 0.2) is 0 Å². The molecule has 5 heteroatoms. The van der Waals surface area contributed by atoms with Crippen molar-refractivity contribution in [1.29, 1.82) is 0 Å². The van der Waals surface area contributed by atoms with Crippen LogP contribution in [-0.2, 0) is 10.0 Å². The van der Waals surface area contributed by atoms with Gasteiger partial charge >= 0.3 is 0 Å². The Morgan fingerprint density at radius 2 is 1.88 bits per heavy atom. The second-order valence-electron chi connectivity index (χ2n) is 5.35. The zero-order valence-corrected chi connectivity index (χ0v) is 11.7. The summed E-state index contributed by atoms with van der Waals surface area (Å²) in [7, 11) is -3.32. The fourth-order valence-electron chi connectivity index (χ4n) is 2.26. The van der Waals surface area contributed by atoms with Crippen LogP contribution in [0, 0.1) is 11.8 Å². The molecule has 1 aliphatic rings. The van der Waals surface area contributed by atoms with E-state index in [0.717, 1.165) is 12.3 Å². The molecule has 1 rings (SSSR count). The summed E-state index contributed by atoms with van der Waals surface area (Å²) in [6.45, 7) is 3.98. The fraction of sp³-hybridized carbons (Fsp3) is 1.00. The van der Waals surface area contributed by atoms with Crippen molar-refractivity contribution < 1.29 is 13.5 Å². The van der Waals surface area contributed by atoms with Gasteiger partial charge in [0.25, 0.3) is 0 Å². The van der Waals surface area contributed by atoms with Gasteiger partial charge in [-0.25, -0.2) is 13.1 Å². The normalized spacial score (nSPS) is 27.9. The molecule has 1 unspecified atom stereocenters. The lowest BCUT2D eigenvalue weighted by Crippen LogP contribution is -2.36. The summed E-state index contributed by atoms with van der Waals surface area (Å²) in [5.41, 5.74) is 0. The van der Waals surface area contributed by atoms with E-state index in [9.17, 15) is 8.42 Å². The Morgan fingerprint density at radius 1 is 1.29 bits per heavy atom. The number of aliphatic hydroxyl groups is 1. The molecule has 4 nitrogen and oxygen atoms in total. The highest BCUT2D eigenvalue weighted by molar-refractivity contribution is 7.90. The molecule has 0 saturated heterocycles. The van der Waals surface area contributed by atoms with Crippen LogP contribution in [-0.4, -0.2) is 31.9 Å². The van der Waals surface area contributed by atoms with Crippen LogP contribution in [0.5, 0.6) is 0 Å². The molecule has 0 radical (unpaired) electrons. The second-order valence-corrected chi connectivity index (χ2v) is 7.53. The minimum Gasteiger partial charge on any atom is -0.395 e. The average Bonchev–Trinajstić information content (AvgIpc) is 2.30. The highest BCUT2D eigenvalue weighted by Crippen LogP contribution is 2.29. The summed E-state index contributed by atoms with van der Waals surface area (Å²) < 4.78 is 25.7. The average molecular weight is 263 g/mol. The van der Waals surface area contributed by atoms with Crippen LogP contribution in [0.1, 0.15) is 46.0 Å². The topological polar surface area (TPSA) is 66.4 Å². The van der Waals surface area contributed by atoms with Crippen molar-refractivity contribution in [1.82, 2.24) is 4.72 Å². The quantitative estimate of drug-likeness (QED) is 0.763. The summed E-state index contributed by atoms with van der Waals surface area (Å²) in [4.78, 5) is 0. The summed E-state index contributed by atoms with van der Waals surface area (Å²) >= 11 is 0. The molecule has 0 aromatic heterocycles. The molecule has 0 heterocycles. The molecule has 1 aliphatic carbocycles. The lowest BCUT2D eigenvalue weighted by atomic mass is 9.81. The SMILES string of the molecule is CC1CCC(CCNS(=O)(=O)C(C)CO)CC1. The first-order valence-corrected chi connectivity index (χ1v) is 8.09. The molecule has 0 aromatic carbocycles. The van der Waals surface area contributed by atoms with Gasteiger partial charge in [0.1, 0.15) is 0 Å². The Morgan fingerprint density at radius 3 is 2.41 bits per heavy atom. The number of hydrogen-bond acceptors (Lipinski definition) is 3. The maximum atomic E-state index is 11.6. The Kier molecular flexibility index (Phi) is 5.89. The fourth-order valence-corrected chi connectivity index (χ4v) is 3.15. The number of aliphatic hydroxyl groups excluding tert-OH is 1. The van der Waals surface area contributed by atoms with Crippen molar-refractivity contribution in [2.24, 2.45) is 11.8 Å². The zero-order valence-electron chi connectivity index (χ0n) is 10.9. The van der Waals surface area contributed by atoms with E-state index in [1.807, 2.05) is 0 Å². The van der Waals surface area contributed by atoms with Crippen LogP contribution >= 0.6 is 0 Å². The standard InChI is InChI=1S/C12H25NO3S/c1-10-3-5-12(6-4-10)7-8-13-17(15,16)11(2)9-14/h10-14H,3-9H2,1-2H3. The minimum absolute atomic E-state index is 0.323. The highest BCUT2D eigenvalue weighted by Gasteiger charge is 2.21. The summed E-state index contributed by atoms with van der Waals surface area (Å²) in [5.74, 6) is 1.50. The van der Waals surface area contributed by atoms with Gasteiger partial charge in [0.05, 0.1) is 11.9 Å². The Labute approximate surface area is 105 Å². The van der Waals surface area contributed by atoms with Crippen molar-refractivity contribution in [2.45, 2.75) is 51.2 Å². The van der Waals surface area contributed by atoms with Gasteiger partial charge in [-0.2, -0.15) is 0 Å². The Bertz CT molecular complexity index is 308. The number of hydrogen-bond donors (Lipinski definition) is 2. The predicted molar refractivity (Wildman–Crippen MR) is 69.2 cm³/mol. The number of nitrogens with one attached hydrogen (secondary N) is 1. The predicted octanol–water partition coefficient (Wildman–Crippen LogP) is 1.50. The largest absolute Gasteiger partial charge is 0.395 e. The van der Waals surface area contributed by atoms with E-state index >= 15 is 0 Å². The van der Waals surface area contributed by atoms with Crippen LogP contribution in [0.25, 0.3) is 0 Å². The molecular weight excluding hydrogens is 238 g/mol. The van der Waals surface area contributed by atoms with Gasteiger partial charge in [-0.15, -0.1) is 0 Å². The van der Waals surface area contributed by atoms with E-state index in [1.165, 1.54) is 32.6 Å². The Hall–Kier alpha value is -0.130. The Balaban J connectivity index is 2.24. The molecule has 1 saturated carbocycles. The van der Waals surface area contributed by atoms with Gasteiger partial charge in [-0.3, -0.25) is 0 Å². The number of rotatable bonds is 6. The molecule has 102 valence electrons. The summed E-state index contributed by atoms with van der Waals surface area (Å²) in [6, 6.07) is 0. The lowest BCUT2D eigenvalue weighted by Gasteiger charge is -2.26. The van der Waals surface area contributed by atoms with Crippen molar-refractivity contribution in [2.75, 3.05) is 13.2 Å². The van der Waals surface area contributed by atoms with E-state index in [1.54, 1.807) is 0 Å². The van der Waals surface area contributed by atoms with Crippen molar-refractivity contribution in [3.05, 3.63) is 0 Å². The zero-order chi connectivity index (χ0) is 12.9. The third-order valence-corrected chi connectivity index (χ3v) is 5.59. The molecule has 0 bridgehead atoms. The maximum absolute atomic E-state index is 11.6. The van der Waals surface area contributed by atoms with Gasteiger partial charge in [-0.05, 0) is 25.2 Å². The van der Waals surface area contributed by atoms with Crippen LogP contribution < -0.4 is 4.72 Å². The van der Waals surface area contributed by atoms with Crippen LogP contribution in [0.4, 0.5) is 0 Å². The molecular formula is C12H25NO3S. The van der Waals surface area contributed by atoms with E-state index < -0.39 is 15.3 Å². The first-order chi connectivity index (χ1) is 7.95. The van der Waals surface area contributed by atoms with E-state index in [2.05, 4.69) is 11.6 Å². The van der Waals surface area contributed by atoms with Gasteiger partial charge in [0.2, 0.25) is 10.0 Å². The maximum Gasteiger partial charge on any atom is 0.216 e. The molecule has 1 atom stereocenters. The smallest absolute Gasteiger partial charge is 0.216 e. The highest BCUT2D eigenvalue weighted by atomic mass is 32.2. The first-order valence-electron chi connectivity index (χ1n) is 6.55. The lowest BCUT2D eigenvalue weighted by molar-refractivity contribution is 0.277. The van der Waals surface area contributed by atoms with Gasteiger partial charge in [0, 0.05) is 6.54 Å². The molecule has 1 fully saturated rings. The van der Waals surface area contributed by atoms with E-state index in [4.69, 9.17) is 5.11 Å². The third kappa shape index (κ3) is 4.94. The number of sulfonamides is 1. The first kappa shape index (κ1) is 14.9. The van der Waals surface area contributed by atoms with Crippen molar-refractivity contribution in [3.63, 3.8) is 0 Å². The van der Waals surface area contributed by atoms with Gasteiger partial charge < -0.3 is 5.11 Å². The molecule has 2 N–H and O–H groups in total. The summed E-state index contributed by atoms with van der Waals surface area (Å²) in [5, 5.41) is 8.11.